The van der Waals surface area contributed by atoms with Crippen LogP contribution in [0.15, 0.2) is 58.6 Å². The van der Waals surface area contributed by atoms with Crippen LogP contribution in [0.2, 0.25) is 0 Å². The number of hydrogen-bond donors (Lipinski definition) is 2. The number of nitrogens with zero attached hydrogens (tertiary/aromatic N) is 4. The molecule has 2 aromatic carbocycles. The zero-order valence-corrected chi connectivity index (χ0v) is 15.3. The smallest absolute Gasteiger partial charge is 0.171 e. The maximum atomic E-state index is 10.7. The number of likely N-dealkylation sites (tertiary alicyclic amines) is 1. The molecule has 0 amide bonds. The molecule has 0 saturated carbocycles. The average Bonchev–Trinajstić information content (AvgIpc) is 2.63. The van der Waals surface area contributed by atoms with Crippen LogP contribution in [0.3, 0.4) is 0 Å². The minimum atomic E-state index is -0.320. The summed E-state index contributed by atoms with van der Waals surface area (Å²) in [7, 11) is 4.11. The lowest BCUT2D eigenvalue weighted by Crippen LogP contribution is -2.43. The van der Waals surface area contributed by atoms with Crippen LogP contribution in [0.1, 0.15) is 24.6 Å². The quantitative estimate of drug-likeness (QED) is 0.889. The fraction of sp³-hybridized carbons (Fsp3) is 0.400. The van der Waals surface area contributed by atoms with E-state index in [0.717, 1.165) is 41.7 Å². The molecule has 6 heteroatoms. The lowest BCUT2D eigenvalue weighted by atomic mass is 10.0. The van der Waals surface area contributed by atoms with E-state index in [2.05, 4.69) is 27.5 Å². The fourth-order valence-electron chi connectivity index (χ4n) is 3.81. The fourth-order valence-corrected chi connectivity index (χ4v) is 3.81. The molecule has 2 atom stereocenters. The van der Waals surface area contributed by atoms with Gasteiger partial charge in [-0.25, -0.2) is 0 Å². The monoisotopic (exact) mass is 351 g/mol. The van der Waals surface area contributed by atoms with Crippen molar-refractivity contribution in [2.24, 2.45) is 10.2 Å². The van der Waals surface area contributed by atoms with Crippen molar-refractivity contribution in [3.8, 4) is 5.75 Å². The molecule has 2 heterocycles. The zero-order valence-electron chi connectivity index (χ0n) is 15.3. The number of aromatic hydroxyl groups is 1. The Bertz CT molecular complexity index is 862. The molecule has 0 radical (unpaired) electrons. The van der Waals surface area contributed by atoms with Crippen LogP contribution in [0.25, 0.3) is 10.8 Å². The second-order valence-electron chi connectivity index (χ2n) is 7.24. The van der Waals surface area contributed by atoms with Gasteiger partial charge >= 0.3 is 0 Å². The topological polar surface area (TPSA) is 63.5 Å². The molecule has 1 saturated heterocycles. The highest BCUT2D eigenvalue weighted by atomic mass is 16.3. The van der Waals surface area contributed by atoms with Crippen molar-refractivity contribution < 1.29 is 5.11 Å². The summed E-state index contributed by atoms with van der Waals surface area (Å²) in [6.07, 6.45) is 4.00. The minimum absolute atomic E-state index is 0.276. The van der Waals surface area contributed by atoms with Gasteiger partial charge in [0.15, 0.2) is 12.0 Å². The summed E-state index contributed by atoms with van der Waals surface area (Å²) in [5.41, 5.74) is 0.766. The Kier molecular flexibility index (Phi) is 4.51. The van der Waals surface area contributed by atoms with Crippen LogP contribution in [0.4, 0.5) is 0 Å². The minimum Gasteiger partial charge on any atom is -0.507 e. The first-order valence-electron chi connectivity index (χ1n) is 9.12. The van der Waals surface area contributed by atoms with Crippen LogP contribution in [0, 0.1) is 0 Å². The number of azo groups is 1. The van der Waals surface area contributed by atoms with Crippen LogP contribution >= 0.6 is 0 Å². The number of nitrogens with one attached hydrogen (secondary N) is 1. The summed E-state index contributed by atoms with van der Waals surface area (Å²) in [5.74, 6) is 1.06. The summed E-state index contributed by atoms with van der Waals surface area (Å²) < 4.78 is 0. The summed E-state index contributed by atoms with van der Waals surface area (Å²) in [4.78, 5) is 4.33. The lowest BCUT2D eigenvalue weighted by molar-refractivity contribution is 0.230. The molecule has 6 nitrogen and oxygen atoms in total. The standard InChI is InChI=1S/C20H25N5O/c1-24-11-5-7-15(12-24)21-18-13-25(2)20(23-22-18)17-10-9-14-6-3-4-8-16(14)19(17)26/h3-4,6,8-10,13,15,20-21,26H,5,7,11-12H2,1-2H3/t15?,20-/m0/s1. The third-order valence-electron chi connectivity index (χ3n) is 5.17. The Morgan fingerprint density at radius 3 is 2.81 bits per heavy atom. The average molecular weight is 351 g/mol. The van der Waals surface area contributed by atoms with Crippen molar-refractivity contribution in [2.45, 2.75) is 25.0 Å². The second-order valence-corrected chi connectivity index (χ2v) is 7.24. The molecule has 2 aliphatic rings. The third-order valence-corrected chi connectivity index (χ3v) is 5.17. The van der Waals surface area contributed by atoms with Gasteiger partial charge in [0.1, 0.15) is 5.75 Å². The number of fused-ring (bicyclic) bond motifs is 1. The van der Waals surface area contributed by atoms with Crippen molar-refractivity contribution in [2.75, 3.05) is 27.2 Å². The highest BCUT2D eigenvalue weighted by molar-refractivity contribution is 5.89. The van der Waals surface area contributed by atoms with Gasteiger partial charge in [-0.1, -0.05) is 36.4 Å². The van der Waals surface area contributed by atoms with Gasteiger partial charge in [0, 0.05) is 36.8 Å². The number of piperidine rings is 1. The summed E-state index contributed by atoms with van der Waals surface area (Å²) >= 11 is 0. The van der Waals surface area contributed by atoms with Gasteiger partial charge in [-0.2, -0.15) is 5.11 Å². The number of phenols is 1. The molecule has 136 valence electrons. The molecular formula is C20H25N5O. The molecule has 2 N–H and O–H groups in total. The van der Waals surface area contributed by atoms with Crippen LogP contribution < -0.4 is 5.32 Å². The molecule has 4 rings (SSSR count). The van der Waals surface area contributed by atoms with E-state index in [-0.39, 0.29) is 11.9 Å². The molecule has 2 aromatic rings. The van der Waals surface area contributed by atoms with E-state index in [1.54, 1.807) is 0 Å². The molecular weight excluding hydrogens is 326 g/mol. The normalized spacial score (nSPS) is 23.9. The van der Waals surface area contributed by atoms with Crippen molar-refractivity contribution in [1.29, 1.82) is 0 Å². The first kappa shape index (κ1) is 16.8. The van der Waals surface area contributed by atoms with E-state index in [1.807, 2.05) is 54.5 Å². The van der Waals surface area contributed by atoms with Crippen molar-refractivity contribution in [3.63, 3.8) is 0 Å². The molecule has 0 bridgehead atoms. The SMILES string of the molecule is CN1CCCC(NC2=CN(C)[C@@H](c3ccc4ccccc4c3O)N=N2)C1. The number of hydrogen-bond acceptors (Lipinski definition) is 6. The van der Waals surface area contributed by atoms with Gasteiger partial charge in [-0.05, 0) is 31.8 Å². The summed E-state index contributed by atoms with van der Waals surface area (Å²) in [6.45, 7) is 2.17. The van der Waals surface area contributed by atoms with Crippen molar-refractivity contribution in [1.82, 2.24) is 15.1 Å². The van der Waals surface area contributed by atoms with Gasteiger partial charge in [0.25, 0.3) is 0 Å². The largest absolute Gasteiger partial charge is 0.507 e. The molecule has 26 heavy (non-hydrogen) atoms. The molecule has 2 aliphatic heterocycles. The van der Waals surface area contributed by atoms with Crippen LogP contribution in [0.5, 0.6) is 5.75 Å². The first-order valence-corrected chi connectivity index (χ1v) is 9.12. The summed E-state index contributed by atoms with van der Waals surface area (Å²) in [5, 5.41) is 24.9. The lowest BCUT2D eigenvalue weighted by Gasteiger charge is -2.32. The van der Waals surface area contributed by atoms with Gasteiger partial charge in [-0.3, -0.25) is 0 Å². The van der Waals surface area contributed by atoms with Gasteiger partial charge < -0.3 is 20.2 Å². The Morgan fingerprint density at radius 1 is 1.15 bits per heavy atom. The van der Waals surface area contributed by atoms with E-state index in [1.165, 1.54) is 6.42 Å². The maximum absolute atomic E-state index is 10.7. The van der Waals surface area contributed by atoms with E-state index in [4.69, 9.17) is 0 Å². The zero-order chi connectivity index (χ0) is 18.1. The molecule has 0 aliphatic carbocycles. The molecule has 0 spiro atoms. The Hall–Kier alpha value is -2.60. The van der Waals surface area contributed by atoms with E-state index >= 15 is 0 Å². The summed E-state index contributed by atoms with van der Waals surface area (Å²) in [6, 6.07) is 12.2. The van der Waals surface area contributed by atoms with Crippen LogP contribution in [-0.4, -0.2) is 48.1 Å². The molecule has 1 unspecified atom stereocenters. The maximum Gasteiger partial charge on any atom is 0.171 e. The van der Waals surface area contributed by atoms with Crippen LogP contribution in [-0.2, 0) is 0 Å². The third kappa shape index (κ3) is 3.24. The highest BCUT2D eigenvalue weighted by Crippen LogP contribution is 2.37. The van der Waals surface area contributed by atoms with E-state index in [0.29, 0.717) is 6.04 Å². The van der Waals surface area contributed by atoms with Gasteiger partial charge in [0.2, 0.25) is 0 Å². The second kappa shape index (κ2) is 6.96. The van der Waals surface area contributed by atoms with Crippen molar-refractivity contribution >= 4 is 10.8 Å². The van der Waals surface area contributed by atoms with Gasteiger partial charge in [-0.15, -0.1) is 5.11 Å². The Balaban J connectivity index is 1.53. The number of phenolic OH excluding ortho intramolecular Hbond substituents is 1. The Labute approximate surface area is 153 Å². The Morgan fingerprint density at radius 2 is 2.00 bits per heavy atom. The van der Waals surface area contributed by atoms with E-state index in [9.17, 15) is 5.11 Å². The van der Waals surface area contributed by atoms with Crippen molar-refractivity contribution in [3.05, 3.63) is 54.0 Å². The number of benzene rings is 2. The number of likely N-dealkylation sites (N-methyl/N-ethyl adjacent to an activating group) is 1. The molecule has 1 fully saturated rings. The first-order chi connectivity index (χ1) is 12.6. The molecule has 0 aromatic heterocycles. The predicted octanol–water partition coefficient (Wildman–Crippen LogP) is 3.42. The number of rotatable bonds is 3. The van der Waals surface area contributed by atoms with Gasteiger partial charge in [0.05, 0.1) is 0 Å². The van der Waals surface area contributed by atoms with E-state index < -0.39 is 0 Å². The highest BCUT2D eigenvalue weighted by Gasteiger charge is 2.24. The predicted molar refractivity (Wildman–Crippen MR) is 103 cm³/mol.